The van der Waals surface area contributed by atoms with Crippen LogP contribution < -0.4 is 10.2 Å². The standard InChI is InChI=1S/C15H20ClN3O2/c16-12-3-1-2-4-14(12)18-6-8-19(9-7-18)15(20)13-11-21-10-5-17-13/h1-4,13,17H,5-11H2/t13-/m1/s1. The minimum Gasteiger partial charge on any atom is -0.378 e. The molecule has 21 heavy (non-hydrogen) atoms. The fourth-order valence-electron chi connectivity index (χ4n) is 2.82. The van der Waals surface area contributed by atoms with Crippen LogP contribution in [0.15, 0.2) is 24.3 Å². The number of carbonyl (C=O) groups is 1. The van der Waals surface area contributed by atoms with E-state index in [1.807, 2.05) is 29.2 Å². The van der Waals surface area contributed by atoms with Gasteiger partial charge >= 0.3 is 0 Å². The van der Waals surface area contributed by atoms with Crippen molar-refractivity contribution in [1.29, 1.82) is 0 Å². The summed E-state index contributed by atoms with van der Waals surface area (Å²) in [5.41, 5.74) is 1.05. The van der Waals surface area contributed by atoms with E-state index in [1.165, 1.54) is 0 Å². The number of piperazine rings is 1. The average molecular weight is 310 g/mol. The van der Waals surface area contributed by atoms with Gasteiger partial charge in [-0.3, -0.25) is 4.79 Å². The van der Waals surface area contributed by atoms with E-state index in [2.05, 4.69) is 10.2 Å². The van der Waals surface area contributed by atoms with Gasteiger partial charge < -0.3 is 19.9 Å². The summed E-state index contributed by atoms with van der Waals surface area (Å²) < 4.78 is 5.36. The van der Waals surface area contributed by atoms with Crippen molar-refractivity contribution in [3.63, 3.8) is 0 Å². The Hall–Kier alpha value is -1.30. The van der Waals surface area contributed by atoms with Crippen LogP contribution in [0, 0.1) is 0 Å². The molecule has 3 rings (SSSR count). The number of nitrogens with zero attached hydrogens (tertiary/aromatic N) is 2. The third kappa shape index (κ3) is 3.31. The molecule has 0 bridgehead atoms. The molecule has 0 unspecified atom stereocenters. The van der Waals surface area contributed by atoms with Crippen molar-refractivity contribution in [2.75, 3.05) is 50.8 Å². The maximum atomic E-state index is 12.4. The van der Waals surface area contributed by atoms with Crippen LogP contribution in [0.2, 0.25) is 5.02 Å². The minimum absolute atomic E-state index is 0.147. The van der Waals surface area contributed by atoms with Gasteiger partial charge in [-0.15, -0.1) is 0 Å². The van der Waals surface area contributed by atoms with Gasteiger partial charge in [0.2, 0.25) is 5.91 Å². The van der Waals surface area contributed by atoms with Gasteiger partial charge in [0.25, 0.3) is 0 Å². The summed E-state index contributed by atoms with van der Waals surface area (Å²) in [5, 5.41) is 3.98. The van der Waals surface area contributed by atoms with Gasteiger partial charge in [-0.05, 0) is 12.1 Å². The Labute approximate surface area is 129 Å². The number of amides is 1. The van der Waals surface area contributed by atoms with Crippen LogP contribution in [0.1, 0.15) is 0 Å². The van der Waals surface area contributed by atoms with Crippen molar-refractivity contribution in [2.45, 2.75) is 6.04 Å². The number of nitrogens with one attached hydrogen (secondary N) is 1. The highest BCUT2D eigenvalue weighted by atomic mass is 35.5. The van der Waals surface area contributed by atoms with Gasteiger partial charge in [0.1, 0.15) is 6.04 Å². The molecule has 6 heteroatoms. The SMILES string of the molecule is O=C([C@H]1COCCN1)N1CCN(c2ccccc2Cl)CC1. The molecule has 1 amide bonds. The van der Waals surface area contributed by atoms with Crippen molar-refractivity contribution in [1.82, 2.24) is 10.2 Å². The third-order valence-corrected chi connectivity index (χ3v) is 4.32. The van der Waals surface area contributed by atoms with Crippen LogP contribution in [-0.4, -0.2) is 62.8 Å². The van der Waals surface area contributed by atoms with Crippen molar-refractivity contribution >= 4 is 23.2 Å². The predicted molar refractivity (Wildman–Crippen MR) is 82.9 cm³/mol. The quantitative estimate of drug-likeness (QED) is 0.884. The molecule has 2 heterocycles. The summed E-state index contributed by atoms with van der Waals surface area (Å²) in [7, 11) is 0. The van der Waals surface area contributed by atoms with Crippen LogP contribution in [0.4, 0.5) is 5.69 Å². The highest BCUT2D eigenvalue weighted by molar-refractivity contribution is 6.33. The molecule has 0 aromatic heterocycles. The highest BCUT2D eigenvalue weighted by Gasteiger charge is 2.29. The molecular formula is C15H20ClN3O2. The van der Waals surface area contributed by atoms with Gasteiger partial charge in [-0.25, -0.2) is 0 Å². The molecule has 2 saturated heterocycles. The lowest BCUT2D eigenvalue weighted by Crippen LogP contribution is -2.57. The van der Waals surface area contributed by atoms with Gasteiger partial charge in [0.05, 0.1) is 23.9 Å². The normalized spacial score (nSPS) is 23.2. The number of benzene rings is 1. The zero-order valence-corrected chi connectivity index (χ0v) is 12.7. The first-order valence-corrected chi connectivity index (χ1v) is 7.73. The molecule has 0 aliphatic carbocycles. The second-order valence-electron chi connectivity index (χ2n) is 5.35. The van der Waals surface area contributed by atoms with E-state index in [1.54, 1.807) is 0 Å². The van der Waals surface area contributed by atoms with Crippen molar-refractivity contribution in [2.24, 2.45) is 0 Å². The van der Waals surface area contributed by atoms with Gasteiger partial charge in [0.15, 0.2) is 0 Å². The van der Waals surface area contributed by atoms with Gasteiger partial charge in [-0.1, -0.05) is 23.7 Å². The summed E-state index contributed by atoms with van der Waals surface area (Å²) in [6.07, 6.45) is 0. The smallest absolute Gasteiger partial charge is 0.242 e. The predicted octanol–water partition coefficient (Wildman–Crippen LogP) is 0.977. The highest BCUT2D eigenvalue weighted by Crippen LogP contribution is 2.26. The van der Waals surface area contributed by atoms with E-state index in [0.29, 0.717) is 13.2 Å². The summed E-state index contributed by atoms with van der Waals surface area (Å²) in [5.74, 6) is 0.147. The molecule has 1 N–H and O–H groups in total. The summed E-state index contributed by atoms with van der Waals surface area (Å²) in [4.78, 5) is 16.6. The number of hydrogen-bond acceptors (Lipinski definition) is 4. The minimum atomic E-state index is -0.189. The number of rotatable bonds is 2. The lowest BCUT2D eigenvalue weighted by atomic mass is 10.2. The average Bonchev–Trinajstić information content (AvgIpc) is 2.56. The number of anilines is 1. The monoisotopic (exact) mass is 309 g/mol. The maximum Gasteiger partial charge on any atom is 0.242 e. The molecule has 1 aromatic rings. The molecule has 0 spiro atoms. The fourth-order valence-corrected chi connectivity index (χ4v) is 3.08. The number of halogens is 1. The number of morpholine rings is 1. The summed E-state index contributed by atoms with van der Waals surface area (Å²) in [6, 6.07) is 7.65. The Morgan fingerprint density at radius 3 is 2.67 bits per heavy atom. The van der Waals surface area contributed by atoms with Crippen LogP contribution >= 0.6 is 11.6 Å². The van der Waals surface area contributed by atoms with E-state index in [0.717, 1.165) is 43.4 Å². The van der Waals surface area contributed by atoms with Gasteiger partial charge in [-0.2, -0.15) is 0 Å². The molecular weight excluding hydrogens is 290 g/mol. The number of hydrogen-bond donors (Lipinski definition) is 1. The van der Waals surface area contributed by atoms with E-state index >= 15 is 0 Å². The zero-order chi connectivity index (χ0) is 14.7. The Balaban J connectivity index is 1.57. The Kier molecular flexibility index (Phi) is 4.63. The zero-order valence-electron chi connectivity index (χ0n) is 11.9. The molecule has 0 saturated carbocycles. The first kappa shape index (κ1) is 14.6. The van der Waals surface area contributed by atoms with Crippen LogP contribution in [0.3, 0.4) is 0 Å². The molecule has 5 nitrogen and oxygen atoms in total. The molecule has 2 fully saturated rings. The molecule has 114 valence electrons. The first-order chi connectivity index (χ1) is 10.3. The van der Waals surface area contributed by atoms with E-state index in [4.69, 9.17) is 16.3 Å². The topological polar surface area (TPSA) is 44.8 Å². The Morgan fingerprint density at radius 2 is 2.00 bits per heavy atom. The number of ether oxygens (including phenoxy) is 1. The second-order valence-corrected chi connectivity index (χ2v) is 5.75. The van der Waals surface area contributed by atoms with Crippen LogP contribution in [0.5, 0.6) is 0 Å². The number of para-hydroxylation sites is 1. The van der Waals surface area contributed by atoms with E-state index in [-0.39, 0.29) is 11.9 Å². The first-order valence-electron chi connectivity index (χ1n) is 7.35. The van der Waals surface area contributed by atoms with Crippen LogP contribution in [-0.2, 0) is 9.53 Å². The Bertz CT molecular complexity index is 497. The van der Waals surface area contributed by atoms with Crippen molar-refractivity contribution < 1.29 is 9.53 Å². The van der Waals surface area contributed by atoms with Crippen molar-refractivity contribution in [3.05, 3.63) is 29.3 Å². The summed E-state index contributed by atoms with van der Waals surface area (Å²) in [6.45, 7) is 4.97. The molecule has 1 atom stereocenters. The Morgan fingerprint density at radius 1 is 1.24 bits per heavy atom. The van der Waals surface area contributed by atoms with Crippen LogP contribution in [0.25, 0.3) is 0 Å². The third-order valence-electron chi connectivity index (χ3n) is 4.00. The molecule has 2 aliphatic heterocycles. The van der Waals surface area contributed by atoms with E-state index < -0.39 is 0 Å². The molecule has 1 aromatic carbocycles. The lowest BCUT2D eigenvalue weighted by Gasteiger charge is -2.38. The van der Waals surface area contributed by atoms with E-state index in [9.17, 15) is 4.79 Å². The fraction of sp³-hybridized carbons (Fsp3) is 0.533. The molecule has 0 radical (unpaired) electrons. The largest absolute Gasteiger partial charge is 0.378 e. The summed E-state index contributed by atoms with van der Waals surface area (Å²) >= 11 is 6.23. The molecule has 2 aliphatic rings. The lowest BCUT2D eigenvalue weighted by molar-refractivity contribution is -0.136. The van der Waals surface area contributed by atoms with Gasteiger partial charge in [0, 0.05) is 32.7 Å². The van der Waals surface area contributed by atoms with Crippen molar-refractivity contribution in [3.8, 4) is 0 Å². The number of carbonyl (C=O) groups excluding carboxylic acids is 1. The maximum absolute atomic E-state index is 12.4. The second kappa shape index (κ2) is 6.64.